The number of halogens is 4. The molecule has 1 N–H and O–H groups in total. The number of hydrogen-bond acceptors (Lipinski definition) is 4. The second-order valence-electron chi connectivity index (χ2n) is 6.04. The molecule has 2 aromatic carbocycles. The smallest absolute Gasteiger partial charge is 0.297 e. The molecule has 0 saturated carbocycles. The van der Waals surface area contributed by atoms with Crippen molar-refractivity contribution in [2.45, 2.75) is 11.1 Å². The van der Waals surface area contributed by atoms with Crippen LogP contribution in [0.1, 0.15) is 5.56 Å². The van der Waals surface area contributed by atoms with Gasteiger partial charge in [0.15, 0.2) is 4.96 Å². The van der Waals surface area contributed by atoms with Crippen LogP contribution < -0.4 is 4.72 Å². The lowest BCUT2D eigenvalue weighted by Gasteiger charge is -2.12. The molecule has 0 fully saturated rings. The molecule has 11 heteroatoms. The number of fused-ring (bicyclic) bond motifs is 1. The number of nitrogens with one attached hydrogen (secondary N) is 1. The number of imidazole rings is 1. The maximum atomic E-state index is 13.4. The van der Waals surface area contributed by atoms with E-state index < -0.39 is 32.5 Å². The van der Waals surface area contributed by atoms with E-state index in [0.717, 1.165) is 16.6 Å². The molecule has 0 amide bonds. The van der Waals surface area contributed by atoms with Crippen molar-refractivity contribution < 1.29 is 26.0 Å². The van der Waals surface area contributed by atoms with Gasteiger partial charge in [-0.15, -0.1) is 11.3 Å². The van der Waals surface area contributed by atoms with E-state index in [1.165, 1.54) is 23.5 Å². The Balaban J connectivity index is 1.59. The molecule has 0 radical (unpaired) electrons. The zero-order valence-corrected chi connectivity index (χ0v) is 15.9. The monoisotopic (exact) mass is 441 g/mol. The van der Waals surface area contributed by atoms with Gasteiger partial charge in [-0.1, -0.05) is 12.1 Å². The van der Waals surface area contributed by atoms with Crippen LogP contribution in [-0.2, 0) is 16.2 Å². The van der Waals surface area contributed by atoms with Crippen LogP contribution in [-0.4, -0.2) is 17.8 Å². The molecule has 2 aromatic heterocycles. The third-order valence-electron chi connectivity index (χ3n) is 4.08. The summed E-state index contributed by atoms with van der Waals surface area (Å²) < 4.78 is 80.8. The standard InChI is InChI=1S/C18H11F4N3O2S2/c19-15-6-5-13(9-14(15)18(20,21)22)29(26,27)24-12-3-1-11(2-4-12)16-10-25-7-8-28-17(25)23-16/h1-10,24H. The number of thiazole rings is 1. The number of hydrogen-bond donors (Lipinski definition) is 1. The Labute approximate surface area is 166 Å². The van der Waals surface area contributed by atoms with Crippen molar-refractivity contribution in [3.8, 4) is 11.3 Å². The molecule has 29 heavy (non-hydrogen) atoms. The summed E-state index contributed by atoms with van der Waals surface area (Å²) in [6.07, 6.45) is -1.32. The van der Waals surface area contributed by atoms with E-state index in [4.69, 9.17) is 0 Å². The fourth-order valence-corrected chi connectivity index (χ4v) is 4.46. The molecule has 0 spiro atoms. The number of sulfonamides is 1. The van der Waals surface area contributed by atoms with Crippen LogP contribution in [0.2, 0.25) is 0 Å². The number of alkyl halides is 3. The van der Waals surface area contributed by atoms with Gasteiger partial charge >= 0.3 is 6.18 Å². The summed E-state index contributed by atoms with van der Waals surface area (Å²) >= 11 is 1.47. The first-order valence-corrected chi connectivity index (χ1v) is 10.4. The minimum atomic E-state index is -5.00. The summed E-state index contributed by atoms with van der Waals surface area (Å²) in [5, 5.41) is 1.89. The average molecular weight is 441 g/mol. The van der Waals surface area contributed by atoms with Crippen molar-refractivity contribution in [2.24, 2.45) is 0 Å². The van der Waals surface area contributed by atoms with Crippen LogP contribution in [0.5, 0.6) is 0 Å². The predicted octanol–water partition coefficient (Wildman–Crippen LogP) is 5.02. The van der Waals surface area contributed by atoms with Crippen molar-refractivity contribution in [3.05, 3.63) is 71.6 Å². The molecule has 150 valence electrons. The van der Waals surface area contributed by atoms with Crippen LogP contribution in [0.3, 0.4) is 0 Å². The molecule has 0 unspecified atom stereocenters. The predicted molar refractivity (Wildman–Crippen MR) is 101 cm³/mol. The fraction of sp³-hybridized carbons (Fsp3) is 0.0556. The summed E-state index contributed by atoms with van der Waals surface area (Å²) in [4.78, 5) is 4.55. The van der Waals surface area contributed by atoms with Gasteiger partial charge in [-0.3, -0.25) is 9.12 Å². The minimum absolute atomic E-state index is 0.146. The van der Waals surface area contributed by atoms with Crippen LogP contribution in [0.25, 0.3) is 16.2 Å². The largest absolute Gasteiger partial charge is 0.419 e. The quantitative estimate of drug-likeness (QED) is 0.452. The van der Waals surface area contributed by atoms with Crippen LogP contribution in [0, 0.1) is 5.82 Å². The summed E-state index contributed by atoms with van der Waals surface area (Å²) in [6.45, 7) is 0. The Morgan fingerprint density at radius 3 is 2.45 bits per heavy atom. The van der Waals surface area contributed by atoms with Crippen molar-refractivity contribution >= 4 is 32.0 Å². The maximum absolute atomic E-state index is 13.4. The average Bonchev–Trinajstić information content (AvgIpc) is 3.23. The first-order valence-electron chi connectivity index (χ1n) is 8.06. The van der Waals surface area contributed by atoms with Gasteiger partial charge in [0.1, 0.15) is 5.82 Å². The number of benzene rings is 2. The topological polar surface area (TPSA) is 63.5 Å². The molecule has 0 saturated heterocycles. The van der Waals surface area contributed by atoms with Crippen molar-refractivity contribution in [3.63, 3.8) is 0 Å². The summed E-state index contributed by atoms with van der Waals surface area (Å²) in [6, 6.07) is 7.73. The van der Waals surface area contributed by atoms with Crippen molar-refractivity contribution in [1.82, 2.24) is 9.38 Å². The lowest BCUT2D eigenvalue weighted by molar-refractivity contribution is -0.140. The molecule has 0 bridgehead atoms. The molecular weight excluding hydrogens is 430 g/mol. The Bertz CT molecular complexity index is 1260. The number of rotatable bonds is 4. The number of anilines is 1. The molecule has 0 aliphatic carbocycles. The Hall–Kier alpha value is -2.92. The zero-order chi connectivity index (χ0) is 20.8. The highest BCUT2D eigenvalue weighted by Crippen LogP contribution is 2.33. The maximum Gasteiger partial charge on any atom is 0.419 e. The molecule has 4 rings (SSSR count). The highest BCUT2D eigenvalue weighted by atomic mass is 32.2. The zero-order valence-electron chi connectivity index (χ0n) is 14.3. The summed E-state index contributed by atoms with van der Waals surface area (Å²) in [5.74, 6) is -1.54. The van der Waals surface area contributed by atoms with Crippen molar-refractivity contribution in [1.29, 1.82) is 0 Å². The minimum Gasteiger partial charge on any atom is -0.297 e. The Morgan fingerprint density at radius 2 is 1.79 bits per heavy atom. The van der Waals surface area contributed by atoms with E-state index in [2.05, 4.69) is 9.71 Å². The Kier molecular flexibility index (Phi) is 4.58. The van der Waals surface area contributed by atoms with Gasteiger partial charge in [-0.2, -0.15) is 13.2 Å². The fourth-order valence-electron chi connectivity index (χ4n) is 2.68. The first kappa shape index (κ1) is 19.4. The van der Waals surface area contributed by atoms with Gasteiger partial charge in [0, 0.05) is 29.0 Å². The van der Waals surface area contributed by atoms with Gasteiger partial charge < -0.3 is 0 Å². The number of nitrogens with zero attached hydrogens (tertiary/aromatic N) is 2. The van der Waals surface area contributed by atoms with Gasteiger partial charge in [-0.05, 0) is 30.3 Å². The van der Waals surface area contributed by atoms with E-state index in [1.54, 1.807) is 12.1 Å². The second kappa shape index (κ2) is 6.85. The SMILES string of the molecule is O=S(=O)(Nc1ccc(-c2cn3ccsc3n2)cc1)c1ccc(F)c(C(F)(F)F)c1. The molecule has 5 nitrogen and oxygen atoms in total. The van der Waals surface area contributed by atoms with Gasteiger partial charge in [0.25, 0.3) is 10.0 Å². The highest BCUT2D eigenvalue weighted by Gasteiger charge is 2.35. The second-order valence-corrected chi connectivity index (χ2v) is 8.60. The van der Waals surface area contributed by atoms with Crippen LogP contribution in [0.4, 0.5) is 23.2 Å². The first-order chi connectivity index (χ1) is 13.6. The van der Waals surface area contributed by atoms with E-state index in [0.29, 0.717) is 11.8 Å². The van der Waals surface area contributed by atoms with Gasteiger partial charge in [0.2, 0.25) is 0 Å². The number of aromatic nitrogens is 2. The molecule has 0 aliphatic heterocycles. The van der Waals surface area contributed by atoms with Gasteiger partial charge in [-0.25, -0.2) is 17.8 Å². The van der Waals surface area contributed by atoms with E-state index in [9.17, 15) is 26.0 Å². The van der Waals surface area contributed by atoms with Crippen LogP contribution in [0.15, 0.2) is 65.1 Å². The third-order valence-corrected chi connectivity index (χ3v) is 6.23. The van der Waals surface area contributed by atoms with Crippen LogP contribution >= 0.6 is 11.3 Å². The molecule has 0 aliphatic rings. The lowest BCUT2D eigenvalue weighted by Crippen LogP contribution is -2.15. The molecule has 0 atom stereocenters. The normalized spacial score (nSPS) is 12.4. The van der Waals surface area contributed by atoms with E-state index in [-0.39, 0.29) is 11.8 Å². The molecular formula is C18H11F4N3O2S2. The molecule has 2 heterocycles. The van der Waals surface area contributed by atoms with Crippen molar-refractivity contribution in [2.75, 3.05) is 4.72 Å². The van der Waals surface area contributed by atoms with E-state index >= 15 is 0 Å². The lowest BCUT2D eigenvalue weighted by atomic mass is 10.1. The third kappa shape index (κ3) is 3.83. The van der Waals surface area contributed by atoms with Gasteiger partial charge in [0.05, 0.1) is 16.2 Å². The van der Waals surface area contributed by atoms with E-state index in [1.807, 2.05) is 22.2 Å². The summed E-state index contributed by atoms with van der Waals surface area (Å²) in [7, 11) is -4.34. The molecule has 4 aromatic rings. The summed E-state index contributed by atoms with van der Waals surface area (Å²) in [5.41, 5.74) is -0.0623. The highest BCUT2D eigenvalue weighted by molar-refractivity contribution is 7.92. The Morgan fingerprint density at radius 1 is 1.07 bits per heavy atom.